The SMILES string of the molecule is CCN1CCN(C2CCN(CCO[C@H]3CCCC[C@H]3C)CC2)C1=O. The maximum atomic E-state index is 12.3. The normalized spacial score (nSPS) is 30.3. The Morgan fingerprint density at radius 3 is 2.46 bits per heavy atom. The van der Waals surface area contributed by atoms with E-state index in [2.05, 4.69) is 23.6 Å². The number of carbonyl (C=O) groups excluding carboxylic acids is 1. The molecule has 2 heterocycles. The van der Waals surface area contributed by atoms with Gasteiger partial charge >= 0.3 is 6.03 Å². The number of likely N-dealkylation sites (tertiary alicyclic amines) is 1. The van der Waals surface area contributed by atoms with Gasteiger partial charge in [-0.15, -0.1) is 0 Å². The number of nitrogens with zero attached hydrogens (tertiary/aromatic N) is 3. The average Bonchev–Trinajstić information content (AvgIpc) is 2.98. The van der Waals surface area contributed by atoms with Gasteiger partial charge in [-0.1, -0.05) is 19.8 Å². The van der Waals surface area contributed by atoms with Crippen molar-refractivity contribution in [1.29, 1.82) is 0 Å². The number of amides is 2. The summed E-state index contributed by atoms with van der Waals surface area (Å²) in [5, 5.41) is 0. The van der Waals surface area contributed by atoms with Gasteiger partial charge in [0.1, 0.15) is 0 Å². The van der Waals surface area contributed by atoms with Crippen molar-refractivity contribution in [2.45, 2.75) is 64.5 Å². The predicted octanol–water partition coefficient (Wildman–Crippen LogP) is 2.80. The zero-order valence-electron chi connectivity index (χ0n) is 15.6. The second-order valence-corrected chi connectivity index (χ2v) is 7.80. The van der Waals surface area contributed by atoms with Gasteiger partial charge in [0.15, 0.2) is 0 Å². The third kappa shape index (κ3) is 4.23. The lowest BCUT2D eigenvalue weighted by molar-refractivity contribution is -0.0170. The predicted molar refractivity (Wildman–Crippen MR) is 96.2 cm³/mol. The van der Waals surface area contributed by atoms with Gasteiger partial charge in [0.25, 0.3) is 0 Å². The van der Waals surface area contributed by atoms with Gasteiger partial charge in [0, 0.05) is 45.3 Å². The van der Waals surface area contributed by atoms with Crippen molar-refractivity contribution in [2.24, 2.45) is 5.92 Å². The number of ether oxygens (including phenoxy) is 1. The first-order valence-electron chi connectivity index (χ1n) is 10.1. The van der Waals surface area contributed by atoms with E-state index >= 15 is 0 Å². The van der Waals surface area contributed by atoms with Crippen LogP contribution in [0.2, 0.25) is 0 Å². The van der Waals surface area contributed by atoms with Crippen LogP contribution in [-0.4, -0.2) is 78.8 Å². The van der Waals surface area contributed by atoms with Gasteiger partial charge in [-0.05, 0) is 38.5 Å². The van der Waals surface area contributed by atoms with E-state index in [9.17, 15) is 4.79 Å². The van der Waals surface area contributed by atoms with E-state index in [1.165, 1.54) is 25.7 Å². The maximum absolute atomic E-state index is 12.3. The number of rotatable bonds is 6. The average molecular weight is 338 g/mol. The quantitative estimate of drug-likeness (QED) is 0.748. The van der Waals surface area contributed by atoms with Crippen molar-refractivity contribution in [3.63, 3.8) is 0 Å². The lowest BCUT2D eigenvalue weighted by Crippen LogP contribution is -2.47. The van der Waals surface area contributed by atoms with Crippen LogP contribution in [0.15, 0.2) is 0 Å². The Morgan fingerprint density at radius 2 is 1.79 bits per heavy atom. The minimum absolute atomic E-state index is 0.255. The van der Waals surface area contributed by atoms with Crippen LogP contribution in [-0.2, 0) is 4.74 Å². The zero-order chi connectivity index (χ0) is 16.9. The minimum atomic E-state index is 0.255. The molecule has 2 amide bonds. The molecular formula is C19H35N3O2. The molecule has 2 saturated heterocycles. The minimum Gasteiger partial charge on any atom is -0.377 e. The van der Waals surface area contributed by atoms with Gasteiger partial charge < -0.3 is 19.4 Å². The van der Waals surface area contributed by atoms with Crippen LogP contribution >= 0.6 is 0 Å². The molecule has 0 N–H and O–H groups in total. The van der Waals surface area contributed by atoms with Crippen LogP contribution in [0.3, 0.4) is 0 Å². The van der Waals surface area contributed by atoms with E-state index in [1.807, 2.05) is 4.90 Å². The summed E-state index contributed by atoms with van der Waals surface area (Å²) in [4.78, 5) is 18.9. The Morgan fingerprint density at radius 1 is 1.04 bits per heavy atom. The maximum Gasteiger partial charge on any atom is 0.320 e. The molecule has 1 saturated carbocycles. The molecule has 1 aliphatic carbocycles. The number of carbonyl (C=O) groups is 1. The molecule has 2 atom stereocenters. The largest absolute Gasteiger partial charge is 0.377 e. The molecule has 0 unspecified atom stereocenters. The van der Waals surface area contributed by atoms with Crippen LogP contribution in [0.4, 0.5) is 4.79 Å². The molecular weight excluding hydrogens is 302 g/mol. The number of hydrogen-bond donors (Lipinski definition) is 0. The Kier molecular flexibility index (Phi) is 6.39. The molecule has 0 aromatic heterocycles. The van der Waals surface area contributed by atoms with E-state index in [0.717, 1.165) is 64.6 Å². The van der Waals surface area contributed by atoms with Crippen molar-refractivity contribution >= 4 is 6.03 Å². The Labute approximate surface area is 147 Å². The smallest absolute Gasteiger partial charge is 0.320 e. The number of likely N-dealkylation sites (N-methyl/N-ethyl adjacent to an activating group) is 1. The molecule has 0 aromatic carbocycles. The Hall–Kier alpha value is -0.810. The molecule has 3 aliphatic rings. The van der Waals surface area contributed by atoms with E-state index in [-0.39, 0.29) is 6.03 Å². The van der Waals surface area contributed by atoms with Crippen molar-refractivity contribution in [1.82, 2.24) is 14.7 Å². The fourth-order valence-electron chi connectivity index (χ4n) is 4.55. The molecule has 5 heteroatoms. The van der Waals surface area contributed by atoms with Gasteiger partial charge in [-0.25, -0.2) is 4.79 Å². The van der Waals surface area contributed by atoms with Gasteiger partial charge in [0.05, 0.1) is 12.7 Å². The first-order chi connectivity index (χ1) is 11.7. The van der Waals surface area contributed by atoms with E-state index in [1.54, 1.807) is 0 Å². The van der Waals surface area contributed by atoms with Crippen LogP contribution in [0, 0.1) is 5.92 Å². The topological polar surface area (TPSA) is 36.0 Å². The van der Waals surface area contributed by atoms with Crippen molar-refractivity contribution in [3.8, 4) is 0 Å². The summed E-state index contributed by atoms with van der Waals surface area (Å²) in [6.07, 6.45) is 7.99. The third-order valence-electron chi connectivity index (χ3n) is 6.28. The van der Waals surface area contributed by atoms with Crippen molar-refractivity contribution in [3.05, 3.63) is 0 Å². The van der Waals surface area contributed by atoms with Gasteiger partial charge in [0.2, 0.25) is 0 Å². The highest BCUT2D eigenvalue weighted by Gasteiger charge is 2.34. The molecule has 2 aliphatic heterocycles. The summed E-state index contributed by atoms with van der Waals surface area (Å²) in [6, 6.07) is 0.704. The molecule has 0 bridgehead atoms. The highest BCUT2D eigenvalue weighted by Crippen LogP contribution is 2.26. The molecule has 0 radical (unpaired) electrons. The van der Waals surface area contributed by atoms with Crippen LogP contribution in [0.25, 0.3) is 0 Å². The van der Waals surface area contributed by atoms with Crippen LogP contribution in [0.1, 0.15) is 52.4 Å². The van der Waals surface area contributed by atoms with E-state index in [4.69, 9.17) is 4.74 Å². The number of hydrogen-bond acceptors (Lipinski definition) is 3. The van der Waals surface area contributed by atoms with Crippen molar-refractivity contribution in [2.75, 3.05) is 45.9 Å². The monoisotopic (exact) mass is 337 g/mol. The second kappa shape index (κ2) is 8.52. The first-order valence-corrected chi connectivity index (χ1v) is 10.1. The highest BCUT2D eigenvalue weighted by molar-refractivity contribution is 5.76. The van der Waals surface area contributed by atoms with E-state index < -0.39 is 0 Å². The molecule has 5 nitrogen and oxygen atoms in total. The summed E-state index contributed by atoms with van der Waals surface area (Å²) in [6.45, 7) is 11.2. The number of urea groups is 1. The third-order valence-corrected chi connectivity index (χ3v) is 6.28. The molecule has 3 fully saturated rings. The Balaban J connectivity index is 1.34. The van der Waals surface area contributed by atoms with Gasteiger partial charge in [-0.3, -0.25) is 0 Å². The lowest BCUT2D eigenvalue weighted by Gasteiger charge is -2.37. The zero-order valence-corrected chi connectivity index (χ0v) is 15.6. The summed E-state index contributed by atoms with van der Waals surface area (Å²) in [5.74, 6) is 0.729. The fourth-order valence-corrected chi connectivity index (χ4v) is 4.55. The number of piperidine rings is 1. The lowest BCUT2D eigenvalue weighted by atomic mass is 9.88. The standard InChI is InChI=1S/C19H35N3O2/c1-3-21-12-13-22(19(21)23)17-8-10-20(11-9-17)14-15-24-18-7-5-4-6-16(18)2/h16-18H,3-15H2,1-2H3/t16-,18+/m1/s1. The molecule has 24 heavy (non-hydrogen) atoms. The second-order valence-electron chi connectivity index (χ2n) is 7.80. The van der Waals surface area contributed by atoms with Crippen LogP contribution < -0.4 is 0 Å². The highest BCUT2D eigenvalue weighted by atomic mass is 16.5. The van der Waals surface area contributed by atoms with Crippen molar-refractivity contribution < 1.29 is 9.53 Å². The molecule has 3 rings (SSSR count). The summed E-state index contributed by atoms with van der Waals surface area (Å²) in [7, 11) is 0. The first kappa shape index (κ1) is 18.0. The Bertz CT molecular complexity index is 409. The molecule has 138 valence electrons. The summed E-state index contributed by atoms with van der Waals surface area (Å²) < 4.78 is 6.16. The summed E-state index contributed by atoms with van der Waals surface area (Å²) in [5.41, 5.74) is 0. The van der Waals surface area contributed by atoms with Crippen LogP contribution in [0.5, 0.6) is 0 Å². The fraction of sp³-hybridized carbons (Fsp3) is 0.947. The molecule has 0 spiro atoms. The molecule has 0 aromatic rings. The summed E-state index contributed by atoms with van der Waals surface area (Å²) >= 11 is 0. The van der Waals surface area contributed by atoms with Gasteiger partial charge in [-0.2, -0.15) is 0 Å². The van der Waals surface area contributed by atoms with E-state index in [0.29, 0.717) is 12.1 Å².